The molecule has 1 aromatic heterocycles. The van der Waals surface area contributed by atoms with Crippen molar-refractivity contribution in [2.45, 2.75) is 62.6 Å². The zero-order chi connectivity index (χ0) is 25.5. The maximum Gasteiger partial charge on any atom is 0.416 e. The van der Waals surface area contributed by atoms with E-state index in [-0.39, 0.29) is 22.8 Å². The summed E-state index contributed by atoms with van der Waals surface area (Å²) in [6.07, 6.45) is 2.08. The van der Waals surface area contributed by atoms with Crippen molar-refractivity contribution in [1.29, 1.82) is 0 Å². The lowest BCUT2D eigenvalue weighted by Gasteiger charge is -2.36. The van der Waals surface area contributed by atoms with Crippen LogP contribution in [-0.4, -0.2) is 58.0 Å². The van der Waals surface area contributed by atoms with Crippen LogP contribution in [0.3, 0.4) is 0 Å². The maximum atomic E-state index is 13.8. The summed E-state index contributed by atoms with van der Waals surface area (Å²) in [5.74, 6) is 0.129. The lowest BCUT2D eigenvalue weighted by molar-refractivity contribution is -0.138. The molecule has 5 rings (SSSR count). The SMILES string of the molecule is NCCC(=O)N1CCC(C2(c3[nH]ncc3C(=O)N3CCCC3c3ccccc3C(F)(F)F)CC2)CC1. The molecule has 2 saturated heterocycles. The van der Waals surface area contributed by atoms with Crippen LogP contribution in [0, 0.1) is 5.92 Å². The van der Waals surface area contributed by atoms with E-state index in [1.807, 2.05) is 4.90 Å². The van der Waals surface area contributed by atoms with Gasteiger partial charge in [-0.15, -0.1) is 0 Å². The Morgan fingerprint density at radius 2 is 1.83 bits per heavy atom. The van der Waals surface area contributed by atoms with Gasteiger partial charge in [-0.1, -0.05) is 18.2 Å². The number of carbonyl (C=O) groups is 2. The van der Waals surface area contributed by atoms with E-state index in [0.29, 0.717) is 56.9 Å². The summed E-state index contributed by atoms with van der Waals surface area (Å²) in [4.78, 5) is 29.4. The smallest absolute Gasteiger partial charge is 0.343 e. The fourth-order valence-electron chi connectivity index (χ4n) is 6.32. The first-order chi connectivity index (χ1) is 17.3. The molecule has 2 aliphatic heterocycles. The minimum atomic E-state index is -4.48. The average Bonchev–Trinajstić information content (AvgIpc) is 3.28. The Bertz CT molecular complexity index is 1120. The van der Waals surface area contributed by atoms with Crippen LogP contribution in [0.1, 0.15) is 78.2 Å². The highest BCUT2D eigenvalue weighted by atomic mass is 19.4. The number of aromatic nitrogens is 2. The van der Waals surface area contributed by atoms with Gasteiger partial charge < -0.3 is 15.5 Å². The molecule has 0 spiro atoms. The van der Waals surface area contributed by atoms with Crippen LogP contribution in [-0.2, 0) is 16.4 Å². The van der Waals surface area contributed by atoms with E-state index in [9.17, 15) is 22.8 Å². The van der Waals surface area contributed by atoms with Crippen molar-refractivity contribution in [3.8, 4) is 0 Å². The zero-order valence-corrected chi connectivity index (χ0v) is 20.2. The molecular weight excluding hydrogens is 471 g/mol. The van der Waals surface area contributed by atoms with E-state index in [4.69, 9.17) is 5.73 Å². The molecule has 0 radical (unpaired) electrons. The van der Waals surface area contributed by atoms with Gasteiger partial charge in [0.25, 0.3) is 5.91 Å². The molecule has 3 N–H and O–H groups in total. The van der Waals surface area contributed by atoms with Crippen molar-refractivity contribution < 1.29 is 22.8 Å². The van der Waals surface area contributed by atoms with Crippen LogP contribution in [0.4, 0.5) is 13.2 Å². The highest BCUT2D eigenvalue weighted by Gasteiger charge is 2.54. The number of likely N-dealkylation sites (tertiary alicyclic amines) is 2. The molecular formula is C26H32F3N5O2. The van der Waals surface area contributed by atoms with Crippen molar-refractivity contribution in [3.63, 3.8) is 0 Å². The average molecular weight is 504 g/mol. The summed E-state index contributed by atoms with van der Waals surface area (Å²) in [6.45, 7) is 2.10. The Hall–Kier alpha value is -2.88. The van der Waals surface area contributed by atoms with Crippen molar-refractivity contribution in [2.75, 3.05) is 26.2 Å². The number of carbonyl (C=O) groups excluding carboxylic acids is 2. The molecule has 36 heavy (non-hydrogen) atoms. The lowest BCUT2D eigenvalue weighted by atomic mass is 9.78. The van der Waals surface area contributed by atoms with Crippen molar-refractivity contribution in [1.82, 2.24) is 20.0 Å². The molecule has 2 aromatic rings. The highest BCUT2D eigenvalue weighted by molar-refractivity contribution is 5.96. The van der Waals surface area contributed by atoms with Crippen LogP contribution < -0.4 is 5.73 Å². The van der Waals surface area contributed by atoms with Gasteiger partial charge in [0.05, 0.1) is 29.1 Å². The van der Waals surface area contributed by atoms with Gasteiger partial charge in [0.2, 0.25) is 5.91 Å². The number of nitrogens with two attached hydrogens (primary N) is 1. The molecule has 194 valence electrons. The minimum absolute atomic E-state index is 0.0809. The zero-order valence-electron chi connectivity index (χ0n) is 20.2. The summed E-state index contributed by atoms with van der Waals surface area (Å²) in [7, 11) is 0. The second kappa shape index (κ2) is 9.53. The van der Waals surface area contributed by atoms with Gasteiger partial charge in [0.1, 0.15) is 0 Å². The number of hydrogen-bond acceptors (Lipinski definition) is 4. The second-order valence-corrected chi connectivity index (χ2v) is 10.3. The third-order valence-corrected chi connectivity index (χ3v) is 8.28. The predicted molar refractivity (Wildman–Crippen MR) is 127 cm³/mol. The van der Waals surface area contributed by atoms with Gasteiger partial charge >= 0.3 is 6.18 Å². The standard InChI is InChI=1S/C26H32F3N5O2/c27-26(28,29)20-5-2-1-4-18(20)21-6-3-13-34(21)24(36)19-16-31-32-23(19)25(10-11-25)17-8-14-33(15-9-17)22(35)7-12-30/h1-2,4-5,16-17,21H,3,6-15,30H2,(H,31,32). The van der Waals surface area contributed by atoms with Crippen LogP contribution in [0.2, 0.25) is 0 Å². The van der Waals surface area contributed by atoms with Crippen molar-refractivity contribution in [3.05, 3.63) is 52.8 Å². The lowest BCUT2D eigenvalue weighted by Crippen LogP contribution is -2.42. The first kappa shape index (κ1) is 24.8. The van der Waals surface area contributed by atoms with Crippen LogP contribution in [0.5, 0.6) is 0 Å². The number of rotatable bonds is 6. The molecule has 3 aliphatic rings. The number of halogens is 3. The van der Waals surface area contributed by atoms with Gasteiger partial charge in [-0.25, -0.2) is 0 Å². The van der Waals surface area contributed by atoms with E-state index in [2.05, 4.69) is 10.2 Å². The minimum Gasteiger partial charge on any atom is -0.343 e. The molecule has 1 unspecified atom stereocenters. The molecule has 3 fully saturated rings. The molecule has 1 atom stereocenters. The second-order valence-electron chi connectivity index (χ2n) is 10.3. The predicted octanol–water partition coefficient (Wildman–Crippen LogP) is 4.02. The molecule has 0 bridgehead atoms. The number of piperidine rings is 1. The number of nitrogens with zero attached hydrogens (tertiary/aromatic N) is 3. The molecule has 2 amide bonds. The normalized spacial score (nSPS) is 22.2. The molecule has 10 heteroatoms. The van der Waals surface area contributed by atoms with Gasteiger partial charge in [0, 0.05) is 38.0 Å². The fraction of sp³-hybridized carbons (Fsp3) is 0.577. The number of nitrogens with one attached hydrogen (secondary N) is 1. The number of benzene rings is 1. The largest absolute Gasteiger partial charge is 0.416 e. The van der Waals surface area contributed by atoms with Gasteiger partial charge in [-0.2, -0.15) is 18.3 Å². The van der Waals surface area contributed by atoms with Crippen LogP contribution in [0.25, 0.3) is 0 Å². The first-order valence-electron chi connectivity index (χ1n) is 12.7. The third-order valence-electron chi connectivity index (χ3n) is 8.28. The summed E-state index contributed by atoms with van der Waals surface area (Å²) < 4.78 is 41.1. The van der Waals surface area contributed by atoms with Crippen LogP contribution >= 0.6 is 0 Å². The monoisotopic (exact) mass is 503 g/mol. The third kappa shape index (κ3) is 4.40. The van der Waals surface area contributed by atoms with Gasteiger partial charge in [-0.3, -0.25) is 14.7 Å². The quantitative estimate of drug-likeness (QED) is 0.623. The first-order valence-corrected chi connectivity index (χ1v) is 12.7. The highest BCUT2D eigenvalue weighted by Crippen LogP contribution is 2.57. The van der Waals surface area contributed by atoms with E-state index >= 15 is 0 Å². The summed E-state index contributed by atoms with van der Waals surface area (Å²) in [6, 6.07) is 4.93. The Labute approximate surface area is 208 Å². The fourth-order valence-corrected chi connectivity index (χ4v) is 6.32. The molecule has 7 nitrogen and oxygen atoms in total. The summed E-state index contributed by atoms with van der Waals surface area (Å²) in [5.41, 5.74) is 6.07. The Kier molecular flexibility index (Phi) is 6.57. The Morgan fingerprint density at radius 1 is 1.11 bits per heavy atom. The van der Waals surface area contributed by atoms with Crippen molar-refractivity contribution in [2.24, 2.45) is 11.7 Å². The molecule has 3 heterocycles. The van der Waals surface area contributed by atoms with E-state index in [1.54, 1.807) is 11.0 Å². The number of aromatic amines is 1. The number of alkyl halides is 3. The summed E-state index contributed by atoms with van der Waals surface area (Å²) >= 11 is 0. The number of amides is 2. The Morgan fingerprint density at radius 3 is 2.50 bits per heavy atom. The summed E-state index contributed by atoms with van der Waals surface area (Å²) in [5, 5.41) is 7.29. The van der Waals surface area contributed by atoms with E-state index in [0.717, 1.165) is 37.4 Å². The van der Waals surface area contributed by atoms with Gasteiger partial charge in [-0.05, 0) is 56.1 Å². The van der Waals surface area contributed by atoms with E-state index in [1.165, 1.54) is 18.3 Å². The van der Waals surface area contributed by atoms with Crippen molar-refractivity contribution >= 4 is 11.8 Å². The molecule has 1 aromatic carbocycles. The topological polar surface area (TPSA) is 95.3 Å². The number of hydrogen-bond donors (Lipinski definition) is 2. The maximum absolute atomic E-state index is 13.8. The Balaban J connectivity index is 1.36. The molecule has 1 aliphatic carbocycles. The van der Waals surface area contributed by atoms with Gasteiger partial charge in [0.15, 0.2) is 0 Å². The molecule has 1 saturated carbocycles. The van der Waals surface area contributed by atoms with E-state index < -0.39 is 17.8 Å². The van der Waals surface area contributed by atoms with Crippen LogP contribution in [0.15, 0.2) is 30.5 Å². The number of H-pyrrole nitrogens is 1.